The van der Waals surface area contributed by atoms with Gasteiger partial charge >= 0.3 is 5.97 Å². The van der Waals surface area contributed by atoms with E-state index in [0.717, 1.165) is 16.7 Å². The third kappa shape index (κ3) is 4.97. The number of nitrogens with zero attached hydrogens (tertiary/aromatic N) is 1. The van der Waals surface area contributed by atoms with Gasteiger partial charge in [0.05, 0.1) is 4.91 Å². The average Bonchev–Trinajstić information content (AvgIpc) is 2.97. The van der Waals surface area contributed by atoms with Gasteiger partial charge in [0.15, 0.2) is 0 Å². The smallest absolute Gasteiger partial charge is 0.303 e. The van der Waals surface area contributed by atoms with Crippen LogP contribution in [0.2, 0.25) is 0 Å². The lowest BCUT2D eigenvalue weighted by Crippen LogP contribution is -2.29. The molecule has 0 bridgehead atoms. The summed E-state index contributed by atoms with van der Waals surface area (Å²) in [6.07, 6.45) is 4.13. The Hall–Kier alpha value is -2.70. The summed E-state index contributed by atoms with van der Waals surface area (Å²) in [6.45, 7) is 0.322. The third-order valence-electron chi connectivity index (χ3n) is 4.22. The molecule has 1 amide bonds. The molecule has 1 aliphatic heterocycles. The zero-order valence-corrected chi connectivity index (χ0v) is 16.7. The van der Waals surface area contributed by atoms with Gasteiger partial charge in [-0.15, -0.1) is 0 Å². The van der Waals surface area contributed by atoms with Crippen LogP contribution >= 0.6 is 24.0 Å². The van der Waals surface area contributed by atoms with Crippen LogP contribution in [0.15, 0.2) is 77.7 Å². The molecule has 1 aliphatic rings. The number of carbonyl (C=O) groups is 2. The summed E-state index contributed by atoms with van der Waals surface area (Å²) >= 11 is 6.55. The van der Waals surface area contributed by atoms with Crippen molar-refractivity contribution < 1.29 is 14.7 Å². The predicted molar refractivity (Wildman–Crippen MR) is 117 cm³/mol. The number of carboxylic acid groups (broad SMARTS) is 1. The van der Waals surface area contributed by atoms with E-state index in [9.17, 15) is 9.59 Å². The molecule has 28 heavy (non-hydrogen) atoms. The molecular weight excluding hydrogens is 390 g/mol. The first-order valence-electron chi connectivity index (χ1n) is 8.84. The number of hydrogen-bond donors (Lipinski definition) is 1. The van der Waals surface area contributed by atoms with Crippen molar-refractivity contribution >= 4 is 45.7 Å². The quantitative estimate of drug-likeness (QED) is 0.529. The normalized spacial score (nSPS) is 15.1. The van der Waals surface area contributed by atoms with E-state index < -0.39 is 5.97 Å². The van der Waals surface area contributed by atoms with E-state index in [4.69, 9.17) is 17.3 Å². The molecule has 0 aromatic heterocycles. The highest BCUT2D eigenvalue weighted by atomic mass is 32.2. The van der Waals surface area contributed by atoms with Crippen LogP contribution in [0.5, 0.6) is 0 Å². The highest BCUT2D eigenvalue weighted by molar-refractivity contribution is 8.26. The molecular formula is C22H19NO3S2. The van der Waals surface area contributed by atoms with E-state index in [2.05, 4.69) is 0 Å². The monoisotopic (exact) mass is 409 g/mol. The molecule has 1 N–H and O–H groups in total. The molecule has 6 heteroatoms. The number of thioether (sulfide) groups is 1. The van der Waals surface area contributed by atoms with Gasteiger partial charge in [0.25, 0.3) is 5.91 Å². The summed E-state index contributed by atoms with van der Waals surface area (Å²) in [4.78, 5) is 25.4. The summed E-state index contributed by atoms with van der Waals surface area (Å²) in [6, 6.07) is 20.0. The maximum atomic E-state index is 12.6. The van der Waals surface area contributed by atoms with Crippen molar-refractivity contribution in [1.29, 1.82) is 0 Å². The average molecular weight is 410 g/mol. The van der Waals surface area contributed by atoms with E-state index >= 15 is 0 Å². The molecule has 0 saturated carbocycles. The maximum absolute atomic E-state index is 12.6. The van der Waals surface area contributed by atoms with Crippen LogP contribution in [0.25, 0.3) is 5.57 Å². The fraction of sp³-hybridized carbons (Fsp3) is 0.136. The zero-order valence-electron chi connectivity index (χ0n) is 15.1. The lowest BCUT2D eigenvalue weighted by Gasteiger charge is -2.13. The van der Waals surface area contributed by atoms with E-state index in [1.807, 2.05) is 66.7 Å². The summed E-state index contributed by atoms with van der Waals surface area (Å²) in [5, 5.41) is 8.77. The van der Waals surface area contributed by atoms with Gasteiger partial charge in [0.1, 0.15) is 4.32 Å². The Morgan fingerprint density at radius 1 is 1.04 bits per heavy atom. The van der Waals surface area contributed by atoms with E-state index in [1.54, 1.807) is 6.08 Å². The molecule has 142 valence electrons. The molecule has 2 aromatic carbocycles. The second-order valence-electron chi connectivity index (χ2n) is 6.17. The first-order chi connectivity index (χ1) is 13.6. The second-order valence-corrected chi connectivity index (χ2v) is 7.84. The minimum atomic E-state index is -0.876. The van der Waals surface area contributed by atoms with Crippen LogP contribution < -0.4 is 0 Å². The van der Waals surface area contributed by atoms with Crippen LogP contribution in [0, 0.1) is 0 Å². The zero-order chi connectivity index (χ0) is 19.9. The SMILES string of the molecule is O=C(O)CCCN1C(=O)/C(=C/C=C(c2ccccc2)c2ccccc2)SC1=S. The van der Waals surface area contributed by atoms with Gasteiger partial charge < -0.3 is 5.11 Å². The summed E-state index contributed by atoms with van der Waals surface area (Å²) in [5.41, 5.74) is 3.13. The Kier molecular flexibility index (Phi) is 6.79. The number of allylic oxidation sites excluding steroid dienone is 2. The van der Waals surface area contributed by atoms with E-state index in [1.165, 1.54) is 16.7 Å². The number of thiocarbonyl (C=S) groups is 1. The molecule has 0 aliphatic carbocycles. The van der Waals surface area contributed by atoms with Crippen molar-refractivity contribution in [2.75, 3.05) is 6.54 Å². The predicted octanol–water partition coefficient (Wildman–Crippen LogP) is 4.73. The molecule has 1 heterocycles. The Bertz CT molecular complexity index is 895. The van der Waals surface area contributed by atoms with Crippen molar-refractivity contribution in [3.8, 4) is 0 Å². The molecule has 0 unspecified atom stereocenters. The number of hydrogen-bond acceptors (Lipinski definition) is 4. The number of carbonyl (C=O) groups excluding carboxylic acids is 1. The largest absolute Gasteiger partial charge is 0.481 e. The van der Waals surface area contributed by atoms with Gasteiger partial charge in [-0.3, -0.25) is 14.5 Å². The second kappa shape index (κ2) is 9.48. The number of carboxylic acids is 1. The van der Waals surface area contributed by atoms with Crippen LogP contribution in [0.1, 0.15) is 24.0 Å². The lowest BCUT2D eigenvalue weighted by atomic mass is 9.97. The fourth-order valence-corrected chi connectivity index (χ4v) is 4.10. The Labute approximate surface area is 173 Å². The molecule has 4 nitrogen and oxygen atoms in total. The highest BCUT2D eigenvalue weighted by Gasteiger charge is 2.31. The van der Waals surface area contributed by atoms with Crippen LogP contribution in [0.3, 0.4) is 0 Å². The fourth-order valence-electron chi connectivity index (χ4n) is 2.85. The topological polar surface area (TPSA) is 57.6 Å². The lowest BCUT2D eigenvalue weighted by molar-refractivity contribution is -0.137. The number of benzene rings is 2. The minimum Gasteiger partial charge on any atom is -0.481 e. The number of amides is 1. The van der Waals surface area contributed by atoms with Crippen LogP contribution in [-0.2, 0) is 9.59 Å². The van der Waals surface area contributed by atoms with Crippen molar-refractivity contribution in [3.05, 3.63) is 88.8 Å². The molecule has 0 atom stereocenters. The standard InChI is InChI=1S/C22H19NO3S2/c24-20(25)12-7-15-23-21(26)19(28-22(23)27)14-13-18(16-8-3-1-4-9-16)17-10-5-2-6-11-17/h1-6,8-11,13-14H,7,12,15H2,(H,24,25)/b19-14-. The van der Waals surface area contributed by atoms with Gasteiger partial charge in [0.2, 0.25) is 0 Å². The Morgan fingerprint density at radius 2 is 1.61 bits per heavy atom. The molecule has 2 aromatic rings. The van der Waals surface area contributed by atoms with E-state index in [0.29, 0.717) is 22.2 Å². The van der Waals surface area contributed by atoms with Gasteiger partial charge in [-0.2, -0.15) is 0 Å². The minimum absolute atomic E-state index is 0.0160. The molecule has 1 fully saturated rings. The summed E-state index contributed by atoms with van der Waals surface area (Å²) < 4.78 is 0.469. The number of aliphatic carboxylic acids is 1. The highest BCUT2D eigenvalue weighted by Crippen LogP contribution is 2.32. The molecule has 0 spiro atoms. The van der Waals surface area contributed by atoms with Gasteiger partial charge in [-0.1, -0.05) is 90.7 Å². The molecule has 3 rings (SSSR count). The van der Waals surface area contributed by atoms with Gasteiger partial charge in [-0.25, -0.2) is 0 Å². The van der Waals surface area contributed by atoms with Crippen molar-refractivity contribution in [2.24, 2.45) is 0 Å². The van der Waals surface area contributed by atoms with Gasteiger partial charge in [-0.05, 0) is 29.2 Å². The van der Waals surface area contributed by atoms with Crippen LogP contribution in [0.4, 0.5) is 0 Å². The van der Waals surface area contributed by atoms with Crippen molar-refractivity contribution in [1.82, 2.24) is 4.90 Å². The van der Waals surface area contributed by atoms with Crippen LogP contribution in [-0.4, -0.2) is 32.7 Å². The first-order valence-corrected chi connectivity index (χ1v) is 10.1. The third-order valence-corrected chi connectivity index (χ3v) is 5.61. The Balaban J connectivity index is 1.85. The Morgan fingerprint density at radius 3 is 2.14 bits per heavy atom. The first kappa shape index (κ1) is 20.0. The maximum Gasteiger partial charge on any atom is 0.303 e. The number of rotatable bonds is 7. The summed E-state index contributed by atoms with van der Waals surface area (Å²) in [7, 11) is 0. The van der Waals surface area contributed by atoms with Crippen molar-refractivity contribution in [3.63, 3.8) is 0 Å². The van der Waals surface area contributed by atoms with E-state index in [-0.39, 0.29) is 12.3 Å². The summed E-state index contributed by atoms with van der Waals surface area (Å²) in [5.74, 6) is -1.05. The molecule has 0 radical (unpaired) electrons. The van der Waals surface area contributed by atoms with Gasteiger partial charge in [0, 0.05) is 13.0 Å². The molecule has 1 saturated heterocycles. The van der Waals surface area contributed by atoms with Crippen molar-refractivity contribution in [2.45, 2.75) is 12.8 Å².